The number of hydrogen-bond acceptors (Lipinski definition) is 4. The van der Waals surface area contributed by atoms with Crippen LogP contribution in [0.15, 0.2) is 40.9 Å². The fourth-order valence-electron chi connectivity index (χ4n) is 2.05. The highest BCUT2D eigenvalue weighted by atomic mass is 79.9. The first-order valence-corrected chi connectivity index (χ1v) is 8.88. The minimum Gasteiger partial charge on any atom is -0.483 e. The second-order valence-corrected chi connectivity index (χ2v) is 6.81. The summed E-state index contributed by atoms with van der Waals surface area (Å²) in [5.41, 5.74) is 6.57. The summed E-state index contributed by atoms with van der Waals surface area (Å²) in [6.45, 7) is 3.39. The van der Waals surface area contributed by atoms with Crippen molar-refractivity contribution in [2.45, 2.75) is 13.8 Å². The molecule has 26 heavy (non-hydrogen) atoms. The molecule has 0 atom stereocenters. The van der Waals surface area contributed by atoms with E-state index >= 15 is 0 Å². The normalized spacial score (nSPS) is 10.2. The van der Waals surface area contributed by atoms with Gasteiger partial charge in [-0.25, -0.2) is 0 Å². The Morgan fingerprint density at radius 3 is 2.12 bits per heavy atom. The molecular formula is C18H18BrClN2O4. The summed E-state index contributed by atoms with van der Waals surface area (Å²) in [5, 5.41) is 0.546. The van der Waals surface area contributed by atoms with Gasteiger partial charge in [-0.2, -0.15) is 0 Å². The molecule has 0 aliphatic rings. The lowest BCUT2D eigenvalue weighted by Gasteiger charge is -2.11. The number of rotatable bonds is 6. The van der Waals surface area contributed by atoms with Gasteiger partial charge in [0.05, 0.1) is 4.47 Å². The number of carbonyl (C=O) groups is 2. The van der Waals surface area contributed by atoms with Crippen LogP contribution in [0.4, 0.5) is 0 Å². The van der Waals surface area contributed by atoms with Crippen molar-refractivity contribution in [1.29, 1.82) is 0 Å². The molecule has 0 spiro atoms. The van der Waals surface area contributed by atoms with Gasteiger partial charge in [-0.15, -0.1) is 0 Å². The topological polar surface area (TPSA) is 76.7 Å². The highest BCUT2D eigenvalue weighted by molar-refractivity contribution is 9.10. The fraction of sp³-hybridized carbons (Fsp3) is 0.222. The number of aryl methyl sites for hydroxylation is 2. The molecule has 0 heterocycles. The van der Waals surface area contributed by atoms with Crippen LogP contribution < -0.4 is 20.3 Å². The number of hydrazine groups is 1. The molecule has 138 valence electrons. The van der Waals surface area contributed by atoms with Crippen molar-refractivity contribution in [3.8, 4) is 11.5 Å². The molecule has 6 nitrogen and oxygen atoms in total. The summed E-state index contributed by atoms with van der Waals surface area (Å²) in [6.07, 6.45) is 0. The van der Waals surface area contributed by atoms with Crippen molar-refractivity contribution >= 4 is 39.3 Å². The van der Waals surface area contributed by atoms with E-state index in [1.165, 1.54) is 0 Å². The minimum atomic E-state index is -0.508. The second kappa shape index (κ2) is 9.45. The van der Waals surface area contributed by atoms with Crippen LogP contribution in [-0.2, 0) is 9.59 Å². The van der Waals surface area contributed by atoms with Crippen LogP contribution in [0.1, 0.15) is 11.1 Å². The van der Waals surface area contributed by atoms with Crippen molar-refractivity contribution in [2.24, 2.45) is 0 Å². The van der Waals surface area contributed by atoms with E-state index in [0.29, 0.717) is 21.0 Å². The summed E-state index contributed by atoms with van der Waals surface area (Å²) < 4.78 is 11.4. The average molecular weight is 442 g/mol. The highest BCUT2D eigenvalue weighted by Gasteiger charge is 2.09. The van der Waals surface area contributed by atoms with Gasteiger partial charge in [0.2, 0.25) is 0 Å². The van der Waals surface area contributed by atoms with E-state index in [9.17, 15) is 9.59 Å². The lowest BCUT2D eigenvalue weighted by Crippen LogP contribution is -2.45. The number of halogens is 2. The lowest BCUT2D eigenvalue weighted by molar-refractivity contribution is -0.131. The van der Waals surface area contributed by atoms with Crippen molar-refractivity contribution in [3.63, 3.8) is 0 Å². The molecule has 0 saturated heterocycles. The first kappa shape index (κ1) is 20.1. The Hall–Kier alpha value is -2.25. The van der Waals surface area contributed by atoms with Crippen molar-refractivity contribution in [1.82, 2.24) is 10.9 Å². The number of ether oxygens (including phenoxy) is 2. The Morgan fingerprint density at radius 1 is 0.962 bits per heavy atom. The standard InChI is InChI=1S/C18H18BrClN2O4/c1-11-3-5-15(12(2)7-11)25-9-17(23)21-22-18(24)10-26-16-6-4-13(20)8-14(16)19/h3-8H,9-10H2,1-2H3,(H,21,23)(H,22,24). The molecular weight excluding hydrogens is 424 g/mol. The maximum atomic E-state index is 11.8. The molecule has 2 aromatic rings. The predicted molar refractivity (Wildman–Crippen MR) is 102 cm³/mol. The van der Waals surface area contributed by atoms with E-state index in [1.54, 1.807) is 24.3 Å². The molecule has 2 amide bonds. The second-order valence-electron chi connectivity index (χ2n) is 5.52. The molecule has 8 heteroatoms. The number of hydrogen-bond donors (Lipinski definition) is 2. The molecule has 2 N–H and O–H groups in total. The maximum Gasteiger partial charge on any atom is 0.276 e. The maximum absolute atomic E-state index is 11.8. The molecule has 0 saturated carbocycles. The van der Waals surface area contributed by atoms with Gasteiger partial charge in [0.25, 0.3) is 11.8 Å². The van der Waals surface area contributed by atoms with Crippen LogP contribution in [0.3, 0.4) is 0 Å². The monoisotopic (exact) mass is 440 g/mol. The van der Waals surface area contributed by atoms with Gasteiger partial charge in [0.1, 0.15) is 11.5 Å². The zero-order chi connectivity index (χ0) is 19.1. The van der Waals surface area contributed by atoms with Crippen molar-refractivity contribution in [2.75, 3.05) is 13.2 Å². The molecule has 2 aromatic carbocycles. The van der Waals surface area contributed by atoms with Gasteiger partial charge >= 0.3 is 0 Å². The fourth-order valence-corrected chi connectivity index (χ4v) is 2.85. The van der Waals surface area contributed by atoms with E-state index in [0.717, 1.165) is 11.1 Å². The van der Waals surface area contributed by atoms with Crippen molar-refractivity contribution < 1.29 is 19.1 Å². The summed E-state index contributed by atoms with van der Waals surface area (Å²) in [6, 6.07) is 10.6. The Bertz CT molecular complexity index is 746. The molecule has 0 aliphatic carbocycles. The Balaban J connectivity index is 1.72. The van der Waals surface area contributed by atoms with Gasteiger partial charge in [-0.3, -0.25) is 20.4 Å². The SMILES string of the molecule is Cc1ccc(OCC(=O)NNC(=O)COc2ccc(Cl)cc2Br)c(C)c1. The van der Waals surface area contributed by atoms with Crippen LogP contribution in [0.5, 0.6) is 11.5 Å². The first-order chi connectivity index (χ1) is 12.3. The quantitative estimate of drug-likeness (QED) is 0.674. The van der Waals surface area contributed by atoms with Gasteiger partial charge in [-0.1, -0.05) is 29.3 Å². The van der Waals surface area contributed by atoms with Crippen LogP contribution >= 0.6 is 27.5 Å². The third-order valence-corrected chi connectivity index (χ3v) is 4.14. The Kier molecular flexibility index (Phi) is 7.29. The Labute approximate surface area is 164 Å². The number of carbonyl (C=O) groups excluding carboxylic acids is 2. The average Bonchev–Trinajstić information content (AvgIpc) is 2.58. The van der Waals surface area contributed by atoms with Crippen LogP contribution in [0, 0.1) is 13.8 Å². The first-order valence-electron chi connectivity index (χ1n) is 7.70. The van der Waals surface area contributed by atoms with E-state index in [2.05, 4.69) is 26.8 Å². The highest BCUT2D eigenvalue weighted by Crippen LogP contribution is 2.27. The summed E-state index contributed by atoms with van der Waals surface area (Å²) in [5.74, 6) is 0.0970. The Morgan fingerprint density at radius 2 is 1.54 bits per heavy atom. The van der Waals surface area contributed by atoms with Crippen molar-refractivity contribution in [3.05, 3.63) is 57.0 Å². The summed E-state index contributed by atoms with van der Waals surface area (Å²) in [4.78, 5) is 23.5. The molecule has 0 bridgehead atoms. The number of benzene rings is 2. The summed E-state index contributed by atoms with van der Waals surface area (Å²) >= 11 is 9.12. The van der Waals surface area contributed by atoms with E-state index in [-0.39, 0.29) is 13.2 Å². The predicted octanol–water partition coefficient (Wildman–Crippen LogP) is 3.32. The van der Waals surface area contributed by atoms with Crippen LogP contribution in [0.25, 0.3) is 0 Å². The van der Waals surface area contributed by atoms with Crippen LogP contribution in [-0.4, -0.2) is 25.0 Å². The third-order valence-electron chi connectivity index (χ3n) is 3.28. The summed E-state index contributed by atoms with van der Waals surface area (Å²) in [7, 11) is 0. The molecule has 0 fully saturated rings. The number of amides is 2. The van der Waals surface area contributed by atoms with Gasteiger partial charge in [-0.05, 0) is 59.6 Å². The largest absolute Gasteiger partial charge is 0.483 e. The zero-order valence-corrected chi connectivity index (χ0v) is 16.6. The minimum absolute atomic E-state index is 0.215. The molecule has 0 radical (unpaired) electrons. The van der Waals surface area contributed by atoms with Crippen LogP contribution in [0.2, 0.25) is 5.02 Å². The van der Waals surface area contributed by atoms with Gasteiger partial charge < -0.3 is 9.47 Å². The molecule has 0 unspecified atom stereocenters. The van der Waals surface area contributed by atoms with E-state index < -0.39 is 11.8 Å². The van der Waals surface area contributed by atoms with E-state index in [4.69, 9.17) is 21.1 Å². The van der Waals surface area contributed by atoms with E-state index in [1.807, 2.05) is 26.0 Å². The molecule has 0 aliphatic heterocycles. The van der Waals surface area contributed by atoms with Gasteiger partial charge in [0.15, 0.2) is 13.2 Å². The lowest BCUT2D eigenvalue weighted by atomic mass is 10.1. The third kappa shape index (κ3) is 6.24. The van der Waals surface area contributed by atoms with Gasteiger partial charge in [0, 0.05) is 5.02 Å². The molecule has 0 aromatic heterocycles. The smallest absolute Gasteiger partial charge is 0.276 e. The zero-order valence-electron chi connectivity index (χ0n) is 14.3. The molecule has 2 rings (SSSR count). The number of nitrogens with one attached hydrogen (secondary N) is 2.